The Balaban J connectivity index is 1.32. The van der Waals surface area contributed by atoms with Crippen LogP contribution in [0.2, 0.25) is 0 Å². The normalized spacial score (nSPS) is 13.5. The largest absolute Gasteiger partial charge is 0.334 e. The molecular weight excluding hydrogens is 380 g/mol. The van der Waals surface area contributed by atoms with Gasteiger partial charge in [0.15, 0.2) is 5.82 Å². The van der Waals surface area contributed by atoms with Gasteiger partial charge in [-0.15, -0.1) is 11.8 Å². The van der Waals surface area contributed by atoms with E-state index in [1.807, 2.05) is 42.7 Å². The third-order valence-electron chi connectivity index (χ3n) is 4.07. The van der Waals surface area contributed by atoms with Crippen LogP contribution in [0.5, 0.6) is 0 Å². The molecule has 4 rings (SSSR count). The first kappa shape index (κ1) is 18.1. The lowest BCUT2D eigenvalue weighted by molar-refractivity contribution is -0.113. The molecule has 1 amide bonds. The van der Waals surface area contributed by atoms with Crippen LogP contribution in [0, 0.1) is 0 Å². The van der Waals surface area contributed by atoms with Gasteiger partial charge in [0.25, 0.3) is 5.89 Å². The van der Waals surface area contributed by atoms with Gasteiger partial charge in [0.05, 0.1) is 16.3 Å². The zero-order valence-corrected chi connectivity index (χ0v) is 16.3. The minimum absolute atomic E-state index is 0.0601. The van der Waals surface area contributed by atoms with Crippen LogP contribution >= 0.6 is 23.5 Å². The van der Waals surface area contributed by atoms with E-state index in [2.05, 4.69) is 20.4 Å². The van der Waals surface area contributed by atoms with Gasteiger partial charge in [-0.05, 0) is 49.4 Å². The lowest BCUT2D eigenvalue weighted by Crippen LogP contribution is -2.14. The van der Waals surface area contributed by atoms with E-state index in [1.165, 1.54) is 11.8 Å². The van der Waals surface area contributed by atoms with Crippen molar-refractivity contribution in [3.63, 3.8) is 0 Å². The van der Waals surface area contributed by atoms with Crippen molar-refractivity contribution in [1.29, 1.82) is 0 Å². The first-order valence-electron chi connectivity index (χ1n) is 8.58. The number of anilines is 1. The molecular formula is C19H18N4O2S2. The summed E-state index contributed by atoms with van der Waals surface area (Å²) in [4.78, 5) is 22.1. The van der Waals surface area contributed by atoms with Gasteiger partial charge in [0, 0.05) is 22.7 Å². The predicted molar refractivity (Wildman–Crippen MR) is 107 cm³/mol. The van der Waals surface area contributed by atoms with E-state index in [0.29, 0.717) is 17.6 Å². The highest BCUT2D eigenvalue weighted by Crippen LogP contribution is 2.38. The van der Waals surface area contributed by atoms with Gasteiger partial charge < -0.3 is 9.84 Å². The van der Waals surface area contributed by atoms with Crippen molar-refractivity contribution in [2.24, 2.45) is 0 Å². The monoisotopic (exact) mass is 398 g/mol. The van der Waals surface area contributed by atoms with Gasteiger partial charge in [0.1, 0.15) is 0 Å². The van der Waals surface area contributed by atoms with Crippen molar-refractivity contribution in [2.45, 2.75) is 28.7 Å². The number of nitrogens with one attached hydrogen (secondary N) is 1. The molecule has 1 fully saturated rings. The van der Waals surface area contributed by atoms with Crippen molar-refractivity contribution in [1.82, 2.24) is 15.1 Å². The van der Waals surface area contributed by atoms with Gasteiger partial charge in [-0.25, -0.2) is 4.98 Å². The molecule has 0 radical (unpaired) electrons. The maximum absolute atomic E-state index is 12.1. The smallest absolute Gasteiger partial charge is 0.259 e. The Kier molecular flexibility index (Phi) is 5.45. The Morgan fingerprint density at radius 3 is 2.93 bits per heavy atom. The van der Waals surface area contributed by atoms with Crippen molar-refractivity contribution in [3.8, 4) is 11.5 Å². The fourth-order valence-corrected chi connectivity index (χ4v) is 3.59. The third kappa shape index (κ3) is 4.70. The van der Waals surface area contributed by atoms with E-state index >= 15 is 0 Å². The minimum atomic E-state index is -0.0601. The van der Waals surface area contributed by atoms with E-state index in [0.717, 1.165) is 39.8 Å². The van der Waals surface area contributed by atoms with Gasteiger partial charge in [-0.3, -0.25) is 4.79 Å². The molecule has 138 valence electrons. The Morgan fingerprint density at radius 2 is 2.19 bits per heavy atom. The second kappa shape index (κ2) is 8.14. The van der Waals surface area contributed by atoms with Crippen LogP contribution in [-0.4, -0.2) is 33.0 Å². The molecule has 1 N–H and O–H groups in total. The zero-order valence-electron chi connectivity index (χ0n) is 14.7. The average molecular weight is 399 g/mol. The fourth-order valence-electron chi connectivity index (χ4n) is 2.49. The third-order valence-corrected chi connectivity index (χ3v) is 5.74. The molecule has 0 bridgehead atoms. The summed E-state index contributed by atoms with van der Waals surface area (Å²) in [6, 6.07) is 11.5. The molecule has 2 heterocycles. The van der Waals surface area contributed by atoms with Crippen molar-refractivity contribution >= 4 is 35.1 Å². The summed E-state index contributed by atoms with van der Waals surface area (Å²) in [5.74, 6) is 1.97. The summed E-state index contributed by atoms with van der Waals surface area (Å²) < 4.78 is 5.30. The molecule has 0 spiro atoms. The number of thioether (sulfide) groups is 2. The maximum Gasteiger partial charge on any atom is 0.259 e. The zero-order chi connectivity index (χ0) is 18.6. The lowest BCUT2D eigenvalue weighted by atomic mass is 10.3. The molecule has 6 nitrogen and oxygen atoms in total. The second-order valence-corrected chi connectivity index (χ2v) is 8.06. The van der Waals surface area contributed by atoms with E-state index in [1.54, 1.807) is 18.0 Å². The van der Waals surface area contributed by atoms with Crippen LogP contribution in [0.15, 0.2) is 57.0 Å². The van der Waals surface area contributed by atoms with E-state index in [4.69, 9.17) is 4.52 Å². The molecule has 2 aromatic heterocycles. The van der Waals surface area contributed by atoms with Gasteiger partial charge in [0.2, 0.25) is 5.91 Å². The minimum Gasteiger partial charge on any atom is -0.334 e. The van der Waals surface area contributed by atoms with Gasteiger partial charge in [-0.1, -0.05) is 23.0 Å². The topological polar surface area (TPSA) is 80.9 Å². The molecule has 0 atom stereocenters. The predicted octanol–water partition coefficient (Wildman–Crippen LogP) is 4.46. The highest BCUT2D eigenvalue weighted by atomic mass is 32.2. The number of pyridine rings is 1. The maximum atomic E-state index is 12.1. The van der Waals surface area contributed by atoms with Crippen molar-refractivity contribution in [2.75, 3.05) is 17.3 Å². The quantitative estimate of drug-likeness (QED) is 0.588. The number of rotatable bonds is 7. The fraction of sp³-hybridized carbons (Fsp3) is 0.263. The van der Waals surface area contributed by atoms with Crippen LogP contribution in [-0.2, 0) is 4.79 Å². The molecule has 0 unspecified atom stereocenters. The van der Waals surface area contributed by atoms with E-state index in [9.17, 15) is 4.79 Å². The summed E-state index contributed by atoms with van der Waals surface area (Å²) in [7, 11) is 0. The molecule has 8 heteroatoms. The standard InChI is InChI=1S/C19H18N4O2S2/c1-26-15-4-2-3-14(9-15)21-16(24)11-27-17-8-7-13(10-20-17)19-22-18(23-25-19)12-5-6-12/h2-4,7-10,12H,5-6,11H2,1H3,(H,21,24). The summed E-state index contributed by atoms with van der Waals surface area (Å²) in [6.07, 6.45) is 5.98. The number of carbonyl (C=O) groups is 1. The van der Waals surface area contributed by atoms with Gasteiger partial charge in [-0.2, -0.15) is 4.98 Å². The van der Waals surface area contributed by atoms with E-state index in [-0.39, 0.29) is 5.91 Å². The summed E-state index contributed by atoms with van der Waals surface area (Å²) in [5, 5.41) is 7.70. The first-order chi connectivity index (χ1) is 13.2. The number of amides is 1. The van der Waals surface area contributed by atoms with Crippen LogP contribution < -0.4 is 5.32 Å². The van der Waals surface area contributed by atoms with Gasteiger partial charge >= 0.3 is 0 Å². The van der Waals surface area contributed by atoms with Crippen LogP contribution in [0.3, 0.4) is 0 Å². The van der Waals surface area contributed by atoms with E-state index < -0.39 is 0 Å². The number of hydrogen-bond acceptors (Lipinski definition) is 7. The summed E-state index contributed by atoms with van der Waals surface area (Å²) >= 11 is 3.03. The lowest BCUT2D eigenvalue weighted by Gasteiger charge is -2.06. The van der Waals surface area contributed by atoms with Crippen LogP contribution in [0.1, 0.15) is 24.6 Å². The molecule has 0 aliphatic heterocycles. The van der Waals surface area contributed by atoms with Crippen molar-refractivity contribution < 1.29 is 9.32 Å². The molecule has 3 aromatic rings. The number of nitrogens with zero attached hydrogens (tertiary/aromatic N) is 3. The van der Waals surface area contributed by atoms with Crippen LogP contribution in [0.4, 0.5) is 5.69 Å². The molecule has 1 aromatic carbocycles. The number of hydrogen-bond donors (Lipinski definition) is 1. The average Bonchev–Trinajstić information content (AvgIpc) is 3.44. The summed E-state index contributed by atoms with van der Waals surface area (Å²) in [6.45, 7) is 0. The first-order valence-corrected chi connectivity index (χ1v) is 10.8. The Hall–Kier alpha value is -2.32. The van der Waals surface area contributed by atoms with Crippen molar-refractivity contribution in [3.05, 3.63) is 48.4 Å². The van der Waals surface area contributed by atoms with Crippen LogP contribution in [0.25, 0.3) is 11.5 Å². The Labute approximate surface area is 165 Å². The Morgan fingerprint density at radius 1 is 1.30 bits per heavy atom. The second-order valence-electron chi connectivity index (χ2n) is 6.19. The molecule has 27 heavy (non-hydrogen) atoms. The SMILES string of the molecule is CSc1cccc(NC(=O)CSc2ccc(-c3nc(C4CC4)no3)cn2)c1. The summed E-state index contributed by atoms with van der Waals surface area (Å²) in [5.41, 5.74) is 1.59. The highest BCUT2D eigenvalue weighted by Gasteiger charge is 2.29. The molecule has 1 saturated carbocycles. The molecule has 1 aliphatic rings. The number of aromatic nitrogens is 3. The number of benzene rings is 1. The Bertz CT molecular complexity index is 939. The highest BCUT2D eigenvalue weighted by molar-refractivity contribution is 8.00. The number of carbonyl (C=O) groups excluding carboxylic acids is 1. The molecule has 1 aliphatic carbocycles. The molecule has 0 saturated heterocycles.